The van der Waals surface area contributed by atoms with Crippen LogP contribution in [0, 0.1) is 6.92 Å². The summed E-state index contributed by atoms with van der Waals surface area (Å²) in [5, 5.41) is 11.4. The van der Waals surface area contributed by atoms with Gasteiger partial charge in [-0.2, -0.15) is 5.10 Å². The lowest BCUT2D eigenvalue weighted by atomic mass is 10.1. The smallest absolute Gasteiger partial charge is 0.273 e. The van der Waals surface area contributed by atoms with Gasteiger partial charge in [-0.15, -0.1) is 0 Å². The summed E-state index contributed by atoms with van der Waals surface area (Å²) in [5.74, 6) is 0.172. The van der Waals surface area contributed by atoms with Crippen LogP contribution >= 0.6 is 0 Å². The van der Waals surface area contributed by atoms with Gasteiger partial charge in [-0.05, 0) is 12.5 Å². The van der Waals surface area contributed by atoms with Crippen LogP contribution in [0.1, 0.15) is 21.6 Å². The van der Waals surface area contributed by atoms with Gasteiger partial charge in [-0.25, -0.2) is 9.67 Å². The monoisotopic (exact) mass is 454 g/mol. The molecule has 170 valence electrons. The molecule has 0 radical (unpaired) electrons. The van der Waals surface area contributed by atoms with Crippen LogP contribution in [0.2, 0.25) is 0 Å². The van der Waals surface area contributed by atoms with Crippen LogP contribution in [0.5, 0.6) is 0 Å². The average molecular weight is 454 g/mol. The van der Waals surface area contributed by atoms with Crippen molar-refractivity contribution in [3.63, 3.8) is 0 Å². The highest BCUT2D eigenvalue weighted by Gasteiger charge is 2.14. The zero-order valence-corrected chi connectivity index (χ0v) is 18.5. The first kappa shape index (κ1) is 21.3. The van der Waals surface area contributed by atoms with Gasteiger partial charge in [0.05, 0.1) is 19.3 Å². The largest absolute Gasteiger partial charge is 0.355 e. The summed E-state index contributed by atoms with van der Waals surface area (Å²) in [6, 6.07) is 19.0. The van der Waals surface area contributed by atoms with Gasteiger partial charge in [0, 0.05) is 18.2 Å². The Kier molecular flexibility index (Phi) is 5.73. The second-order valence-corrected chi connectivity index (χ2v) is 7.97. The van der Waals surface area contributed by atoms with Gasteiger partial charge in [-0.1, -0.05) is 65.3 Å². The van der Waals surface area contributed by atoms with Crippen molar-refractivity contribution in [1.82, 2.24) is 29.8 Å². The molecule has 3 aromatic heterocycles. The van der Waals surface area contributed by atoms with E-state index >= 15 is 0 Å². The molecule has 0 fully saturated rings. The number of nitrogens with one attached hydrogen (secondary N) is 1. The maximum absolute atomic E-state index is 12.9. The summed E-state index contributed by atoms with van der Waals surface area (Å²) in [7, 11) is 0. The van der Waals surface area contributed by atoms with Crippen LogP contribution in [-0.2, 0) is 13.1 Å². The lowest BCUT2D eigenvalue weighted by Crippen LogP contribution is -2.28. The minimum atomic E-state index is -0.351. The first-order chi connectivity index (χ1) is 16.6. The van der Waals surface area contributed by atoms with E-state index in [-0.39, 0.29) is 23.7 Å². The maximum atomic E-state index is 12.9. The molecule has 9 nitrogen and oxygen atoms in total. The van der Waals surface area contributed by atoms with Gasteiger partial charge < -0.3 is 9.84 Å². The molecule has 0 bridgehead atoms. The Bertz CT molecular complexity index is 1520. The molecular formula is C25H22N6O3. The Balaban J connectivity index is 1.24. The second kappa shape index (κ2) is 9.14. The van der Waals surface area contributed by atoms with E-state index < -0.39 is 0 Å². The van der Waals surface area contributed by atoms with Crippen LogP contribution < -0.4 is 10.9 Å². The predicted molar refractivity (Wildman–Crippen MR) is 126 cm³/mol. The summed E-state index contributed by atoms with van der Waals surface area (Å²) >= 11 is 0. The maximum Gasteiger partial charge on any atom is 0.273 e. The Morgan fingerprint density at radius 2 is 1.94 bits per heavy atom. The molecule has 0 aliphatic rings. The van der Waals surface area contributed by atoms with Crippen molar-refractivity contribution in [2.45, 2.75) is 20.0 Å². The molecule has 0 aliphatic heterocycles. The number of rotatable bonds is 7. The third-order valence-corrected chi connectivity index (χ3v) is 5.47. The van der Waals surface area contributed by atoms with E-state index in [9.17, 15) is 9.59 Å². The van der Waals surface area contributed by atoms with E-state index in [1.54, 1.807) is 15.3 Å². The molecule has 1 N–H and O–H groups in total. The molecular weight excluding hydrogens is 432 g/mol. The van der Waals surface area contributed by atoms with Crippen molar-refractivity contribution < 1.29 is 9.32 Å². The predicted octanol–water partition coefficient (Wildman–Crippen LogP) is 3.03. The first-order valence-electron chi connectivity index (χ1n) is 10.9. The minimum absolute atomic E-state index is 0.155. The highest BCUT2D eigenvalue weighted by molar-refractivity contribution is 5.93. The number of carbonyl (C=O) groups is 1. The highest BCUT2D eigenvalue weighted by atomic mass is 16.5. The third-order valence-electron chi connectivity index (χ3n) is 5.47. The van der Waals surface area contributed by atoms with Gasteiger partial charge in [-0.3, -0.25) is 14.2 Å². The van der Waals surface area contributed by atoms with Crippen molar-refractivity contribution >= 4 is 16.9 Å². The van der Waals surface area contributed by atoms with E-state index in [1.165, 1.54) is 12.5 Å². The summed E-state index contributed by atoms with van der Waals surface area (Å²) in [6.07, 6.45) is 3.05. The van der Waals surface area contributed by atoms with E-state index in [4.69, 9.17) is 4.52 Å². The SMILES string of the molecule is Cc1cccc(Cn2cnc3c(cnn3CCNC(=O)c3cc(-c4ccccc4)on3)c2=O)c1. The molecule has 5 aromatic rings. The van der Waals surface area contributed by atoms with Crippen molar-refractivity contribution in [2.24, 2.45) is 0 Å². The molecule has 0 spiro atoms. The van der Waals surface area contributed by atoms with E-state index in [2.05, 4.69) is 20.6 Å². The third kappa shape index (κ3) is 4.36. The molecule has 0 saturated carbocycles. The number of amides is 1. The fraction of sp³-hybridized carbons (Fsp3) is 0.160. The number of fused-ring (bicyclic) bond motifs is 1. The summed E-state index contributed by atoms with van der Waals surface area (Å²) < 4.78 is 8.45. The van der Waals surface area contributed by atoms with Gasteiger partial charge in [0.25, 0.3) is 11.5 Å². The molecule has 0 saturated heterocycles. The molecule has 0 atom stereocenters. The second-order valence-electron chi connectivity index (χ2n) is 7.97. The molecule has 2 aromatic carbocycles. The molecule has 1 amide bonds. The zero-order chi connectivity index (χ0) is 23.5. The van der Waals surface area contributed by atoms with Gasteiger partial charge in [0.1, 0.15) is 11.7 Å². The molecule has 5 rings (SSSR count). The van der Waals surface area contributed by atoms with Crippen molar-refractivity contribution in [3.05, 3.63) is 100 Å². The summed E-state index contributed by atoms with van der Waals surface area (Å²) in [5.41, 5.74) is 3.53. The van der Waals surface area contributed by atoms with Gasteiger partial charge >= 0.3 is 0 Å². The summed E-state index contributed by atoms with van der Waals surface area (Å²) in [4.78, 5) is 29.8. The van der Waals surface area contributed by atoms with E-state index in [0.29, 0.717) is 29.9 Å². The van der Waals surface area contributed by atoms with Crippen LogP contribution in [0.3, 0.4) is 0 Å². The molecule has 0 unspecified atom stereocenters. The van der Waals surface area contributed by atoms with E-state index in [1.807, 2.05) is 61.5 Å². The Hall–Kier alpha value is -4.53. The number of carbonyl (C=O) groups excluding carboxylic acids is 1. The highest BCUT2D eigenvalue weighted by Crippen LogP contribution is 2.19. The number of benzene rings is 2. The first-order valence-corrected chi connectivity index (χ1v) is 10.9. The van der Waals surface area contributed by atoms with Crippen molar-refractivity contribution in [3.8, 4) is 11.3 Å². The lowest BCUT2D eigenvalue weighted by molar-refractivity contribution is 0.0943. The van der Waals surface area contributed by atoms with E-state index in [0.717, 1.165) is 16.7 Å². The van der Waals surface area contributed by atoms with Crippen molar-refractivity contribution in [1.29, 1.82) is 0 Å². The fourth-order valence-corrected chi connectivity index (χ4v) is 3.77. The topological polar surface area (TPSA) is 108 Å². The average Bonchev–Trinajstić information content (AvgIpc) is 3.50. The number of aryl methyl sites for hydroxylation is 1. The van der Waals surface area contributed by atoms with Crippen LogP contribution in [0.15, 0.2) is 82.5 Å². The van der Waals surface area contributed by atoms with Crippen molar-refractivity contribution in [2.75, 3.05) is 6.54 Å². The molecule has 0 aliphatic carbocycles. The Labute approximate surface area is 194 Å². The normalized spacial score (nSPS) is 11.1. The fourth-order valence-electron chi connectivity index (χ4n) is 3.77. The van der Waals surface area contributed by atoms with Crippen LogP contribution in [-0.4, -0.2) is 36.9 Å². The zero-order valence-electron chi connectivity index (χ0n) is 18.5. The van der Waals surface area contributed by atoms with Crippen LogP contribution in [0.25, 0.3) is 22.4 Å². The molecule has 3 heterocycles. The number of nitrogens with zero attached hydrogens (tertiary/aromatic N) is 5. The molecule has 34 heavy (non-hydrogen) atoms. The number of hydrogen-bond acceptors (Lipinski definition) is 6. The number of hydrogen-bond donors (Lipinski definition) is 1. The quantitative estimate of drug-likeness (QED) is 0.405. The summed E-state index contributed by atoms with van der Waals surface area (Å²) in [6.45, 7) is 3.10. The Morgan fingerprint density at radius 1 is 1.09 bits per heavy atom. The van der Waals surface area contributed by atoms with Gasteiger partial charge in [0.2, 0.25) is 0 Å². The minimum Gasteiger partial charge on any atom is -0.355 e. The molecule has 9 heteroatoms. The van der Waals surface area contributed by atoms with Gasteiger partial charge in [0.15, 0.2) is 17.1 Å². The lowest BCUT2D eigenvalue weighted by Gasteiger charge is -2.07. The Morgan fingerprint density at radius 3 is 2.76 bits per heavy atom. The number of aromatic nitrogens is 5. The van der Waals surface area contributed by atoms with Crippen LogP contribution in [0.4, 0.5) is 0 Å². The standard InChI is InChI=1S/C25H22N6O3/c1-17-6-5-7-18(12-17)15-30-16-27-23-20(25(30)33)14-28-31(23)11-10-26-24(32)21-13-22(34-29-21)19-8-3-2-4-9-19/h2-9,12-14,16H,10-11,15H2,1H3,(H,26,32).